The normalized spacial score (nSPS) is 13.2. The Bertz CT molecular complexity index is 2690. The molecule has 3 heteroatoms. The van der Waals surface area contributed by atoms with Gasteiger partial charge < -0.3 is 0 Å². The van der Waals surface area contributed by atoms with E-state index in [2.05, 4.69) is 200 Å². The van der Waals surface area contributed by atoms with Gasteiger partial charge in [0.05, 0.1) is 11.0 Å². The SMILES string of the molecule is CC1(C)c2cc(-c3ccc4c(c3)c3ccccc3n4-c3ccccn3)ccc2-c2ccc([Si](c3ccccc3)(c3ccccc3)c3ccccc3)cc21. The fourth-order valence-corrected chi connectivity index (χ4v) is 13.9. The Morgan fingerprint density at radius 2 is 0.962 bits per heavy atom. The Hall–Kier alpha value is -6.29. The molecule has 0 fully saturated rings. The standard InChI is InChI=1S/C50H38N2Si/c1-50(2)45-33-36(35-26-30-48-44(32-35)43-22-12-13-23-47(43)52(48)49-24-14-15-31-51-49)25-28-41(45)42-29-27-40(34-46(42)50)53(37-16-6-3-7-17-37,38-18-8-4-9-19-38)39-20-10-5-11-21-39/h3-34H,1-2H3. The van der Waals surface area contributed by atoms with Gasteiger partial charge in [-0.1, -0.05) is 166 Å². The van der Waals surface area contributed by atoms with Crippen LogP contribution >= 0.6 is 0 Å². The molecule has 0 atom stereocenters. The van der Waals surface area contributed by atoms with Gasteiger partial charge in [-0.3, -0.25) is 4.57 Å². The van der Waals surface area contributed by atoms with Gasteiger partial charge >= 0.3 is 0 Å². The number of fused-ring (bicyclic) bond motifs is 6. The van der Waals surface area contributed by atoms with Gasteiger partial charge in [0.2, 0.25) is 0 Å². The fraction of sp³-hybridized carbons (Fsp3) is 0.0600. The number of benzene rings is 7. The maximum atomic E-state index is 4.72. The number of rotatable bonds is 6. The van der Waals surface area contributed by atoms with Crippen LogP contribution in [0.1, 0.15) is 25.0 Å². The fourth-order valence-electron chi connectivity index (χ4n) is 9.10. The first kappa shape index (κ1) is 31.4. The maximum Gasteiger partial charge on any atom is 0.179 e. The highest BCUT2D eigenvalue weighted by Gasteiger charge is 2.44. The molecule has 53 heavy (non-hydrogen) atoms. The van der Waals surface area contributed by atoms with Gasteiger partial charge in [-0.05, 0) is 90.5 Å². The van der Waals surface area contributed by atoms with Gasteiger partial charge in [0.1, 0.15) is 5.82 Å². The summed E-state index contributed by atoms with van der Waals surface area (Å²) < 4.78 is 2.28. The van der Waals surface area contributed by atoms with Crippen molar-refractivity contribution in [2.45, 2.75) is 19.3 Å². The van der Waals surface area contributed by atoms with E-state index in [1.54, 1.807) is 0 Å². The van der Waals surface area contributed by atoms with Crippen LogP contribution in [0, 0.1) is 0 Å². The summed E-state index contributed by atoms with van der Waals surface area (Å²) >= 11 is 0. The molecule has 0 saturated carbocycles. The molecular formula is C50H38N2Si. The first-order valence-corrected chi connectivity index (χ1v) is 20.5. The summed E-state index contributed by atoms with van der Waals surface area (Å²) in [6.45, 7) is 4.82. The Balaban J connectivity index is 1.12. The molecule has 7 aromatic carbocycles. The van der Waals surface area contributed by atoms with E-state index in [1.807, 2.05) is 12.3 Å². The molecule has 0 N–H and O–H groups in total. The van der Waals surface area contributed by atoms with Crippen LogP contribution < -0.4 is 20.7 Å². The van der Waals surface area contributed by atoms with Crippen LogP contribution in [0.5, 0.6) is 0 Å². The van der Waals surface area contributed by atoms with E-state index in [4.69, 9.17) is 4.98 Å². The van der Waals surface area contributed by atoms with Crippen molar-refractivity contribution >= 4 is 50.6 Å². The van der Waals surface area contributed by atoms with Gasteiger partial charge in [0, 0.05) is 22.4 Å². The zero-order chi connectivity index (χ0) is 35.6. The molecule has 9 aromatic rings. The Kier molecular flexibility index (Phi) is 7.21. The number of pyridine rings is 1. The summed E-state index contributed by atoms with van der Waals surface area (Å²) in [6, 6.07) is 69.9. The van der Waals surface area contributed by atoms with E-state index in [-0.39, 0.29) is 5.41 Å². The molecule has 252 valence electrons. The Morgan fingerprint density at radius 1 is 0.434 bits per heavy atom. The topological polar surface area (TPSA) is 17.8 Å². The first-order chi connectivity index (χ1) is 26.0. The van der Waals surface area contributed by atoms with E-state index in [0.29, 0.717) is 0 Å². The van der Waals surface area contributed by atoms with Crippen molar-refractivity contribution in [3.05, 3.63) is 205 Å². The minimum atomic E-state index is -2.65. The highest BCUT2D eigenvalue weighted by molar-refractivity contribution is 7.19. The quantitative estimate of drug-likeness (QED) is 0.125. The largest absolute Gasteiger partial charge is 0.294 e. The zero-order valence-electron chi connectivity index (χ0n) is 29.9. The highest BCUT2D eigenvalue weighted by atomic mass is 28.3. The van der Waals surface area contributed by atoms with Crippen LogP contribution in [-0.2, 0) is 5.41 Å². The van der Waals surface area contributed by atoms with E-state index < -0.39 is 8.07 Å². The van der Waals surface area contributed by atoms with Crippen molar-refractivity contribution in [3.63, 3.8) is 0 Å². The number of nitrogens with zero attached hydrogens (tertiary/aromatic N) is 2. The van der Waals surface area contributed by atoms with Crippen LogP contribution in [0.2, 0.25) is 0 Å². The molecule has 2 nitrogen and oxygen atoms in total. The van der Waals surface area contributed by atoms with E-state index in [9.17, 15) is 0 Å². The minimum absolute atomic E-state index is 0.181. The van der Waals surface area contributed by atoms with Crippen molar-refractivity contribution in [3.8, 4) is 28.1 Å². The second-order valence-electron chi connectivity index (χ2n) is 14.8. The molecule has 1 aliphatic rings. The summed E-state index contributed by atoms with van der Waals surface area (Å²) in [5, 5.41) is 8.07. The average molecular weight is 695 g/mol. The van der Waals surface area contributed by atoms with Crippen molar-refractivity contribution < 1.29 is 0 Å². The predicted octanol–water partition coefficient (Wildman–Crippen LogP) is 9.53. The first-order valence-electron chi connectivity index (χ1n) is 18.5. The summed E-state index contributed by atoms with van der Waals surface area (Å²) in [5.74, 6) is 0.932. The summed E-state index contributed by atoms with van der Waals surface area (Å²) in [5.41, 5.74) is 10.1. The lowest BCUT2D eigenvalue weighted by atomic mass is 9.81. The molecule has 0 aliphatic heterocycles. The third-order valence-electron chi connectivity index (χ3n) is 11.6. The van der Waals surface area contributed by atoms with Crippen LogP contribution in [0.25, 0.3) is 49.9 Å². The number of para-hydroxylation sites is 1. The third kappa shape index (κ3) is 4.74. The number of aromatic nitrogens is 2. The monoisotopic (exact) mass is 694 g/mol. The second kappa shape index (κ2) is 12.2. The van der Waals surface area contributed by atoms with Crippen LogP contribution in [0.3, 0.4) is 0 Å². The Morgan fingerprint density at radius 3 is 1.60 bits per heavy atom. The lowest BCUT2D eigenvalue weighted by molar-refractivity contribution is 0.661. The van der Waals surface area contributed by atoms with Gasteiger partial charge in [-0.15, -0.1) is 0 Å². The molecule has 0 bridgehead atoms. The number of hydrogen-bond acceptors (Lipinski definition) is 1. The maximum absolute atomic E-state index is 4.72. The molecule has 0 spiro atoms. The van der Waals surface area contributed by atoms with E-state index in [0.717, 1.165) is 11.3 Å². The predicted molar refractivity (Wildman–Crippen MR) is 225 cm³/mol. The van der Waals surface area contributed by atoms with Crippen molar-refractivity contribution in [2.24, 2.45) is 0 Å². The third-order valence-corrected chi connectivity index (χ3v) is 16.4. The summed E-state index contributed by atoms with van der Waals surface area (Å²) in [7, 11) is -2.65. The lowest BCUT2D eigenvalue weighted by Crippen LogP contribution is -2.74. The summed E-state index contributed by atoms with van der Waals surface area (Å²) in [4.78, 5) is 4.72. The smallest absolute Gasteiger partial charge is 0.179 e. The van der Waals surface area contributed by atoms with Crippen LogP contribution in [0.4, 0.5) is 0 Å². The zero-order valence-corrected chi connectivity index (χ0v) is 30.9. The van der Waals surface area contributed by atoms with Crippen molar-refractivity contribution in [1.82, 2.24) is 9.55 Å². The molecule has 0 amide bonds. The minimum Gasteiger partial charge on any atom is -0.294 e. The Labute approximate surface area is 311 Å². The molecule has 2 aromatic heterocycles. The molecule has 10 rings (SSSR count). The van der Waals surface area contributed by atoms with Gasteiger partial charge in [-0.25, -0.2) is 4.98 Å². The van der Waals surface area contributed by atoms with Gasteiger partial charge in [0.15, 0.2) is 8.07 Å². The van der Waals surface area contributed by atoms with E-state index >= 15 is 0 Å². The molecule has 0 unspecified atom stereocenters. The molecule has 0 saturated heterocycles. The molecular weight excluding hydrogens is 657 g/mol. The van der Waals surface area contributed by atoms with E-state index in [1.165, 1.54) is 70.4 Å². The molecule has 2 heterocycles. The van der Waals surface area contributed by atoms with Crippen molar-refractivity contribution in [2.75, 3.05) is 0 Å². The van der Waals surface area contributed by atoms with Gasteiger partial charge in [0.25, 0.3) is 0 Å². The highest BCUT2D eigenvalue weighted by Crippen LogP contribution is 2.49. The second-order valence-corrected chi connectivity index (χ2v) is 18.6. The van der Waals surface area contributed by atoms with Crippen LogP contribution in [0.15, 0.2) is 194 Å². The lowest BCUT2D eigenvalue weighted by Gasteiger charge is -2.35. The van der Waals surface area contributed by atoms with Crippen molar-refractivity contribution in [1.29, 1.82) is 0 Å². The van der Waals surface area contributed by atoms with Gasteiger partial charge in [-0.2, -0.15) is 0 Å². The summed E-state index contributed by atoms with van der Waals surface area (Å²) in [6.07, 6.45) is 1.87. The number of hydrogen-bond donors (Lipinski definition) is 0. The molecule has 0 radical (unpaired) electrons. The van der Waals surface area contributed by atoms with Crippen LogP contribution in [-0.4, -0.2) is 17.6 Å². The molecule has 1 aliphatic carbocycles. The average Bonchev–Trinajstić information content (AvgIpc) is 3.67.